The van der Waals surface area contributed by atoms with Gasteiger partial charge in [0.25, 0.3) is 0 Å². The number of fused-ring (bicyclic) bond motifs is 1. The highest BCUT2D eigenvalue weighted by molar-refractivity contribution is 9.10. The van der Waals surface area contributed by atoms with Crippen LogP contribution in [0.25, 0.3) is 0 Å². The quantitative estimate of drug-likeness (QED) is 0.837. The van der Waals surface area contributed by atoms with Crippen LogP contribution in [-0.2, 0) is 5.60 Å². The van der Waals surface area contributed by atoms with Crippen LogP contribution in [0.5, 0.6) is 5.75 Å². The lowest BCUT2D eigenvalue weighted by Crippen LogP contribution is -2.38. The molecule has 2 N–H and O–H groups in total. The SMILES string of the molecule is Cc1cccc(C2(C)CC(N)c3cc(Br)ccc3O2)c1. The Morgan fingerprint density at radius 2 is 2.05 bits per heavy atom. The smallest absolute Gasteiger partial charge is 0.133 e. The van der Waals surface area contributed by atoms with Gasteiger partial charge >= 0.3 is 0 Å². The van der Waals surface area contributed by atoms with Crippen LogP contribution < -0.4 is 10.5 Å². The van der Waals surface area contributed by atoms with Gasteiger partial charge < -0.3 is 10.5 Å². The number of ether oxygens (including phenoxy) is 1. The minimum Gasteiger partial charge on any atom is -0.482 e. The Hall–Kier alpha value is -1.32. The average Bonchev–Trinajstić information content (AvgIpc) is 2.40. The predicted molar refractivity (Wildman–Crippen MR) is 84.8 cm³/mol. The summed E-state index contributed by atoms with van der Waals surface area (Å²) in [5.41, 5.74) is 9.49. The lowest BCUT2D eigenvalue weighted by atomic mass is 9.83. The van der Waals surface area contributed by atoms with Gasteiger partial charge in [0, 0.05) is 22.5 Å². The van der Waals surface area contributed by atoms with Crippen molar-refractivity contribution >= 4 is 15.9 Å². The molecule has 1 aliphatic rings. The molecule has 0 radical (unpaired) electrons. The largest absolute Gasteiger partial charge is 0.482 e. The van der Waals surface area contributed by atoms with Crippen molar-refractivity contribution in [2.24, 2.45) is 5.73 Å². The fourth-order valence-electron chi connectivity index (χ4n) is 2.87. The van der Waals surface area contributed by atoms with E-state index >= 15 is 0 Å². The van der Waals surface area contributed by atoms with E-state index in [1.165, 1.54) is 11.1 Å². The number of aryl methyl sites for hydroxylation is 1. The molecule has 104 valence electrons. The summed E-state index contributed by atoms with van der Waals surface area (Å²) in [7, 11) is 0. The van der Waals surface area contributed by atoms with Crippen LogP contribution in [0.2, 0.25) is 0 Å². The molecule has 0 saturated carbocycles. The van der Waals surface area contributed by atoms with Crippen molar-refractivity contribution < 1.29 is 4.74 Å². The molecule has 2 unspecified atom stereocenters. The van der Waals surface area contributed by atoms with Gasteiger partial charge in [-0.1, -0.05) is 45.8 Å². The Morgan fingerprint density at radius 1 is 1.25 bits per heavy atom. The fourth-order valence-corrected chi connectivity index (χ4v) is 3.25. The highest BCUT2D eigenvalue weighted by Gasteiger charge is 2.37. The van der Waals surface area contributed by atoms with Crippen molar-refractivity contribution in [2.75, 3.05) is 0 Å². The van der Waals surface area contributed by atoms with Crippen molar-refractivity contribution in [2.45, 2.75) is 31.9 Å². The summed E-state index contributed by atoms with van der Waals surface area (Å²) in [6, 6.07) is 14.5. The third-order valence-electron chi connectivity index (χ3n) is 3.94. The first-order valence-corrected chi connectivity index (χ1v) is 7.58. The summed E-state index contributed by atoms with van der Waals surface area (Å²) in [5, 5.41) is 0. The standard InChI is InChI=1S/C17H18BrNO/c1-11-4-3-5-12(8-11)17(2)10-15(19)14-9-13(18)6-7-16(14)20-17/h3-9,15H,10,19H2,1-2H3. The maximum absolute atomic E-state index is 6.37. The Bertz CT molecular complexity index is 655. The van der Waals surface area contributed by atoms with E-state index in [9.17, 15) is 0 Å². The van der Waals surface area contributed by atoms with Gasteiger partial charge in [-0.15, -0.1) is 0 Å². The Labute approximate surface area is 128 Å². The second-order valence-corrected chi connectivity index (χ2v) is 6.61. The molecular formula is C17H18BrNO. The van der Waals surface area contributed by atoms with E-state index in [0.717, 1.165) is 22.2 Å². The molecule has 0 fully saturated rings. The molecule has 0 spiro atoms. The van der Waals surface area contributed by atoms with Crippen LogP contribution >= 0.6 is 15.9 Å². The van der Waals surface area contributed by atoms with Crippen LogP contribution in [-0.4, -0.2) is 0 Å². The number of hydrogen-bond donors (Lipinski definition) is 1. The topological polar surface area (TPSA) is 35.2 Å². The first-order valence-electron chi connectivity index (χ1n) is 6.79. The number of nitrogens with two attached hydrogens (primary N) is 1. The Kier molecular flexibility index (Phi) is 3.35. The summed E-state index contributed by atoms with van der Waals surface area (Å²) in [6.45, 7) is 4.22. The molecule has 2 aromatic rings. The zero-order valence-electron chi connectivity index (χ0n) is 11.7. The Morgan fingerprint density at radius 3 is 2.80 bits per heavy atom. The van der Waals surface area contributed by atoms with Crippen LogP contribution in [0.1, 0.15) is 36.1 Å². The van der Waals surface area contributed by atoms with E-state index in [0.29, 0.717) is 0 Å². The maximum Gasteiger partial charge on any atom is 0.133 e. The summed E-state index contributed by atoms with van der Waals surface area (Å²) in [5.74, 6) is 0.885. The average molecular weight is 332 g/mol. The molecule has 2 nitrogen and oxygen atoms in total. The van der Waals surface area contributed by atoms with Gasteiger partial charge in [-0.2, -0.15) is 0 Å². The number of hydrogen-bond acceptors (Lipinski definition) is 2. The normalized spacial score (nSPS) is 24.9. The van der Waals surface area contributed by atoms with Crippen molar-refractivity contribution in [3.63, 3.8) is 0 Å². The van der Waals surface area contributed by atoms with Crippen molar-refractivity contribution in [3.05, 3.63) is 63.6 Å². The highest BCUT2D eigenvalue weighted by atomic mass is 79.9. The summed E-state index contributed by atoms with van der Waals surface area (Å²) >= 11 is 3.49. The van der Waals surface area contributed by atoms with E-state index in [1.54, 1.807) is 0 Å². The molecule has 0 aliphatic carbocycles. The fraction of sp³-hybridized carbons (Fsp3) is 0.294. The van der Waals surface area contributed by atoms with E-state index in [4.69, 9.17) is 10.5 Å². The second kappa shape index (κ2) is 4.90. The van der Waals surface area contributed by atoms with E-state index < -0.39 is 0 Å². The number of benzene rings is 2. The number of rotatable bonds is 1. The minimum absolute atomic E-state index is 0.0123. The van der Waals surface area contributed by atoms with E-state index in [-0.39, 0.29) is 11.6 Å². The molecule has 20 heavy (non-hydrogen) atoms. The summed E-state index contributed by atoms with van der Waals surface area (Å²) in [4.78, 5) is 0. The molecule has 0 bridgehead atoms. The van der Waals surface area contributed by atoms with Gasteiger partial charge in [-0.3, -0.25) is 0 Å². The van der Waals surface area contributed by atoms with Gasteiger partial charge in [0.15, 0.2) is 0 Å². The van der Waals surface area contributed by atoms with Crippen molar-refractivity contribution in [1.82, 2.24) is 0 Å². The van der Waals surface area contributed by atoms with E-state index in [1.807, 2.05) is 12.1 Å². The van der Waals surface area contributed by atoms with Crippen LogP contribution in [0.3, 0.4) is 0 Å². The molecule has 1 heterocycles. The van der Waals surface area contributed by atoms with Crippen molar-refractivity contribution in [1.29, 1.82) is 0 Å². The third-order valence-corrected chi connectivity index (χ3v) is 4.44. The molecule has 0 amide bonds. The summed E-state index contributed by atoms with van der Waals surface area (Å²) in [6.07, 6.45) is 0.778. The van der Waals surface area contributed by atoms with E-state index in [2.05, 4.69) is 60.1 Å². The maximum atomic E-state index is 6.37. The van der Waals surface area contributed by atoms with Crippen molar-refractivity contribution in [3.8, 4) is 5.75 Å². The predicted octanol–water partition coefficient (Wildman–Crippen LogP) is 4.46. The second-order valence-electron chi connectivity index (χ2n) is 5.70. The summed E-state index contributed by atoms with van der Waals surface area (Å²) < 4.78 is 7.32. The molecule has 0 aromatic heterocycles. The molecule has 1 aliphatic heterocycles. The Balaban J connectivity index is 2.04. The third kappa shape index (κ3) is 2.36. The monoisotopic (exact) mass is 331 g/mol. The molecular weight excluding hydrogens is 314 g/mol. The lowest BCUT2D eigenvalue weighted by Gasteiger charge is -2.39. The molecule has 2 aromatic carbocycles. The van der Waals surface area contributed by atoms with Crippen LogP contribution in [0.15, 0.2) is 46.9 Å². The van der Waals surface area contributed by atoms with Gasteiger partial charge in [0.1, 0.15) is 11.4 Å². The molecule has 3 rings (SSSR count). The highest BCUT2D eigenvalue weighted by Crippen LogP contribution is 2.44. The molecule has 0 saturated heterocycles. The van der Waals surface area contributed by atoms with Crippen LogP contribution in [0, 0.1) is 6.92 Å². The van der Waals surface area contributed by atoms with Gasteiger partial charge in [-0.05, 0) is 37.6 Å². The van der Waals surface area contributed by atoms with Gasteiger partial charge in [0.05, 0.1) is 0 Å². The minimum atomic E-state index is -0.369. The first kappa shape index (κ1) is 13.7. The van der Waals surface area contributed by atoms with Gasteiger partial charge in [-0.25, -0.2) is 0 Å². The van der Waals surface area contributed by atoms with Crippen LogP contribution in [0.4, 0.5) is 0 Å². The molecule has 2 atom stereocenters. The number of halogens is 1. The molecule has 3 heteroatoms. The zero-order chi connectivity index (χ0) is 14.3. The zero-order valence-corrected chi connectivity index (χ0v) is 13.3. The van der Waals surface area contributed by atoms with Gasteiger partial charge in [0.2, 0.25) is 0 Å². The lowest BCUT2D eigenvalue weighted by molar-refractivity contribution is 0.0510. The first-order chi connectivity index (χ1) is 9.48.